The van der Waals surface area contributed by atoms with Crippen molar-refractivity contribution in [3.05, 3.63) is 33.3 Å². The van der Waals surface area contributed by atoms with Crippen LogP contribution in [-0.4, -0.2) is 6.54 Å². The van der Waals surface area contributed by atoms with Crippen molar-refractivity contribution in [2.24, 2.45) is 5.92 Å². The van der Waals surface area contributed by atoms with Gasteiger partial charge in [-0.15, -0.1) is 0 Å². The highest BCUT2D eigenvalue weighted by molar-refractivity contribution is 9.10. The highest BCUT2D eigenvalue weighted by Gasteiger charge is 2.20. The first-order valence-electron chi connectivity index (χ1n) is 6.82. The standard InChI is InChI=1S/C15H23BrClN/c1-4-9-18-15(11(5-2)6-3)12-7-8-13(16)14(17)10-12/h7-8,10-11,15,18H,4-6,9H2,1-3H3. The van der Waals surface area contributed by atoms with E-state index in [1.165, 1.54) is 18.4 Å². The number of nitrogens with one attached hydrogen (secondary N) is 1. The van der Waals surface area contributed by atoms with E-state index in [2.05, 4.69) is 54.2 Å². The quantitative estimate of drug-likeness (QED) is 0.687. The SMILES string of the molecule is CCCNC(c1ccc(Br)c(Cl)c1)C(CC)CC. The molecule has 0 bridgehead atoms. The highest BCUT2D eigenvalue weighted by atomic mass is 79.9. The lowest BCUT2D eigenvalue weighted by molar-refractivity contribution is 0.341. The van der Waals surface area contributed by atoms with Crippen LogP contribution in [0, 0.1) is 5.92 Å². The van der Waals surface area contributed by atoms with Gasteiger partial charge >= 0.3 is 0 Å². The molecule has 0 saturated carbocycles. The Morgan fingerprint density at radius 1 is 1.22 bits per heavy atom. The second kappa shape index (κ2) is 8.19. The van der Waals surface area contributed by atoms with Crippen LogP contribution in [0.1, 0.15) is 51.6 Å². The molecule has 1 unspecified atom stereocenters. The van der Waals surface area contributed by atoms with E-state index < -0.39 is 0 Å². The predicted octanol–water partition coefficient (Wildman–Crippen LogP) is 5.58. The van der Waals surface area contributed by atoms with E-state index in [9.17, 15) is 0 Å². The van der Waals surface area contributed by atoms with E-state index in [0.29, 0.717) is 12.0 Å². The van der Waals surface area contributed by atoms with Crippen LogP contribution in [0.3, 0.4) is 0 Å². The van der Waals surface area contributed by atoms with Crippen molar-refractivity contribution in [2.45, 2.75) is 46.1 Å². The first-order chi connectivity index (χ1) is 8.63. The van der Waals surface area contributed by atoms with Crippen LogP contribution >= 0.6 is 27.5 Å². The molecule has 1 N–H and O–H groups in total. The number of rotatable bonds is 7. The van der Waals surface area contributed by atoms with Crippen LogP contribution in [0.25, 0.3) is 0 Å². The summed E-state index contributed by atoms with van der Waals surface area (Å²) in [4.78, 5) is 0. The van der Waals surface area contributed by atoms with Gasteiger partial charge in [0.05, 0.1) is 5.02 Å². The van der Waals surface area contributed by atoms with E-state index >= 15 is 0 Å². The molecule has 0 amide bonds. The van der Waals surface area contributed by atoms with Gasteiger partial charge in [-0.05, 0) is 52.5 Å². The lowest BCUT2D eigenvalue weighted by Gasteiger charge is -2.27. The zero-order valence-electron chi connectivity index (χ0n) is 11.5. The Balaban J connectivity index is 2.96. The normalized spacial score (nSPS) is 13.0. The maximum Gasteiger partial charge on any atom is 0.0551 e. The number of hydrogen-bond acceptors (Lipinski definition) is 1. The summed E-state index contributed by atoms with van der Waals surface area (Å²) in [5, 5.41) is 4.45. The van der Waals surface area contributed by atoms with Crippen molar-refractivity contribution < 1.29 is 0 Å². The average molecular weight is 333 g/mol. The minimum absolute atomic E-state index is 0.408. The highest BCUT2D eigenvalue weighted by Crippen LogP contribution is 2.31. The Bertz CT molecular complexity index is 364. The molecule has 1 rings (SSSR count). The van der Waals surface area contributed by atoms with Gasteiger partial charge in [0.2, 0.25) is 0 Å². The van der Waals surface area contributed by atoms with Crippen LogP contribution in [-0.2, 0) is 0 Å². The van der Waals surface area contributed by atoms with Crippen molar-refractivity contribution in [3.63, 3.8) is 0 Å². The molecular formula is C15H23BrClN. The van der Waals surface area contributed by atoms with E-state index in [4.69, 9.17) is 11.6 Å². The lowest BCUT2D eigenvalue weighted by Crippen LogP contribution is -2.28. The Kier molecular flexibility index (Phi) is 7.28. The molecule has 0 spiro atoms. The third kappa shape index (κ3) is 4.25. The van der Waals surface area contributed by atoms with Gasteiger partial charge in [0.25, 0.3) is 0 Å². The average Bonchev–Trinajstić information content (AvgIpc) is 2.38. The molecule has 1 aromatic rings. The summed E-state index contributed by atoms with van der Waals surface area (Å²) in [5.74, 6) is 0.661. The van der Waals surface area contributed by atoms with Gasteiger partial charge in [-0.2, -0.15) is 0 Å². The van der Waals surface area contributed by atoms with Crippen LogP contribution in [0.2, 0.25) is 5.02 Å². The Morgan fingerprint density at radius 2 is 1.89 bits per heavy atom. The van der Waals surface area contributed by atoms with Gasteiger partial charge in [-0.1, -0.05) is 51.3 Å². The molecule has 1 aromatic carbocycles. The van der Waals surface area contributed by atoms with Crippen LogP contribution in [0.15, 0.2) is 22.7 Å². The second-order valence-corrected chi connectivity index (χ2v) is 5.94. The predicted molar refractivity (Wildman–Crippen MR) is 84.3 cm³/mol. The fourth-order valence-corrected chi connectivity index (χ4v) is 2.76. The smallest absolute Gasteiger partial charge is 0.0551 e. The van der Waals surface area contributed by atoms with Crippen molar-refractivity contribution in [3.8, 4) is 0 Å². The van der Waals surface area contributed by atoms with E-state index in [0.717, 1.165) is 22.5 Å². The summed E-state index contributed by atoms with van der Waals surface area (Å²) in [6.45, 7) is 7.77. The number of halogens is 2. The molecular weight excluding hydrogens is 310 g/mol. The number of hydrogen-bond donors (Lipinski definition) is 1. The minimum Gasteiger partial charge on any atom is -0.310 e. The molecule has 1 atom stereocenters. The lowest BCUT2D eigenvalue weighted by atomic mass is 9.89. The summed E-state index contributed by atoms with van der Waals surface area (Å²) in [6.07, 6.45) is 3.53. The zero-order chi connectivity index (χ0) is 13.5. The number of benzene rings is 1. The maximum atomic E-state index is 6.21. The Labute approximate surface area is 124 Å². The molecule has 0 aliphatic rings. The summed E-state index contributed by atoms with van der Waals surface area (Å²) >= 11 is 9.66. The van der Waals surface area contributed by atoms with Gasteiger partial charge in [0, 0.05) is 10.5 Å². The monoisotopic (exact) mass is 331 g/mol. The van der Waals surface area contributed by atoms with Gasteiger partial charge < -0.3 is 5.32 Å². The maximum absolute atomic E-state index is 6.21. The summed E-state index contributed by atoms with van der Waals surface area (Å²) < 4.78 is 0.965. The van der Waals surface area contributed by atoms with Gasteiger partial charge in [-0.25, -0.2) is 0 Å². The first kappa shape index (κ1) is 16.0. The fraction of sp³-hybridized carbons (Fsp3) is 0.600. The molecule has 0 aromatic heterocycles. The van der Waals surface area contributed by atoms with Gasteiger partial charge in [-0.3, -0.25) is 0 Å². The largest absolute Gasteiger partial charge is 0.310 e. The molecule has 3 heteroatoms. The fourth-order valence-electron chi connectivity index (χ4n) is 2.32. The summed E-state index contributed by atoms with van der Waals surface area (Å²) in [5.41, 5.74) is 1.30. The molecule has 0 fully saturated rings. The molecule has 0 saturated heterocycles. The molecule has 0 aliphatic carbocycles. The minimum atomic E-state index is 0.408. The Hall–Kier alpha value is -0.0500. The van der Waals surface area contributed by atoms with Crippen LogP contribution < -0.4 is 5.32 Å². The molecule has 18 heavy (non-hydrogen) atoms. The van der Waals surface area contributed by atoms with Crippen molar-refractivity contribution in [1.29, 1.82) is 0 Å². The van der Waals surface area contributed by atoms with Crippen molar-refractivity contribution in [2.75, 3.05) is 6.54 Å². The third-order valence-electron chi connectivity index (χ3n) is 3.44. The summed E-state index contributed by atoms with van der Waals surface area (Å²) in [6, 6.07) is 6.70. The molecule has 102 valence electrons. The molecule has 0 heterocycles. The van der Waals surface area contributed by atoms with Crippen LogP contribution in [0.5, 0.6) is 0 Å². The van der Waals surface area contributed by atoms with E-state index in [1.807, 2.05) is 6.07 Å². The first-order valence-corrected chi connectivity index (χ1v) is 7.99. The van der Waals surface area contributed by atoms with Crippen molar-refractivity contribution in [1.82, 2.24) is 5.32 Å². The zero-order valence-corrected chi connectivity index (χ0v) is 13.8. The van der Waals surface area contributed by atoms with E-state index in [-0.39, 0.29) is 0 Å². The topological polar surface area (TPSA) is 12.0 Å². The second-order valence-electron chi connectivity index (χ2n) is 4.68. The summed E-state index contributed by atoms with van der Waals surface area (Å²) in [7, 11) is 0. The van der Waals surface area contributed by atoms with Gasteiger partial charge in [0.1, 0.15) is 0 Å². The third-order valence-corrected chi connectivity index (χ3v) is 4.67. The Morgan fingerprint density at radius 3 is 2.39 bits per heavy atom. The van der Waals surface area contributed by atoms with Gasteiger partial charge in [0.15, 0.2) is 0 Å². The van der Waals surface area contributed by atoms with Crippen molar-refractivity contribution >= 4 is 27.5 Å². The molecule has 0 radical (unpaired) electrons. The molecule has 0 aliphatic heterocycles. The van der Waals surface area contributed by atoms with Crippen LogP contribution in [0.4, 0.5) is 0 Å². The van der Waals surface area contributed by atoms with E-state index in [1.54, 1.807) is 0 Å². The molecule has 1 nitrogen and oxygen atoms in total.